The molecule has 1 atom stereocenters. The topological polar surface area (TPSA) is 57.5 Å². The molecule has 1 saturated carbocycles. The fourth-order valence-corrected chi connectivity index (χ4v) is 1.84. The molecule has 0 aliphatic heterocycles. The average Bonchev–Trinajstić information content (AvgIpc) is 2.98. The zero-order valence-corrected chi connectivity index (χ0v) is 9.31. The van der Waals surface area contributed by atoms with Crippen LogP contribution in [0.1, 0.15) is 30.9 Å². The molecule has 1 aliphatic rings. The Morgan fingerprint density at radius 1 is 1.50 bits per heavy atom. The van der Waals surface area contributed by atoms with Crippen molar-refractivity contribution in [2.75, 3.05) is 0 Å². The molecule has 1 unspecified atom stereocenters. The third-order valence-corrected chi connectivity index (χ3v) is 3.15. The summed E-state index contributed by atoms with van der Waals surface area (Å²) in [6.45, 7) is 1.70. The van der Waals surface area contributed by atoms with E-state index in [0.29, 0.717) is 6.42 Å². The van der Waals surface area contributed by atoms with Crippen molar-refractivity contribution in [3.8, 4) is 0 Å². The molecule has 0 saturated heterocycles. The highest BCUT2D eigenvalue weighted by Crippen LogP contribution is 2.45. The largest absolute Gasteiger partial charge is 0.481 e. The fraction of sp³-hybridized carbons (Fsp3) is 0.462. The number of aliphatic carboxylic acids is 1. The van der Waals surface area contributed by atoms with Crippen molar-refractivity contribution < 1.29 is 15.0 Å². The van der Waals surface area contributed by atoms with Gasteiger partial charge in [0.25, 0.3) is 0 Å². The second-order valence-electron chi connectivity index (χ2n) is 4.68. The van der Waals surface area contributed by atoms with Crippen LogP contribution < -0.4 is 0 Å². The lowest BCUT2D eigenvalue weighted by Gasteiger charge is -2.11. The molecular formula is C13H16O3. The number of carboxylic acids is 1. The molecule has 2 rings (SSSR count). The molecule has 0 bridgehead atoms. The molecule has 0 spiro atoms. The third kappa shape index (κ3) is 2.25. The second kappa shape index (κ2) is 3.91. The third-order valence-electron chi connectivity index (χ3n) is 3.15. The van der Waals surface area contributed by atoms with Gasteiger partial charge in [-0.25, -0.2) is 0 Å². The quantitative estimate of drug-likeness (QED) is 0.815. The monoisotopic (exact) mass is 220 g/mol. The van der Waals surface area contributed by atoms with E-state index in [1.165, 1.54) is 0 Å². The van der Waals surface area contributed by atoms with Gasteiger partial charge in [0.1, 0.15) is 0 Å². The first-order valence-corrected chi connectivity index (χ1v) is 5.56. The predicted octanol–water partition coefficient (Wildman–Crippen LogP) is 1.93. The number of aliphatic hydroxyl groups is 1. The van der Waals surface area contributed by atoms with E-state index in [1.54, 1.807) is 6.92 Å². The first-order valence-electron chi connectivity index (χ1n) is 5.56. The van der Waals surface area contributed by atoms with E-state index in [0.717, 1.165) is 24.0 Å². The second-order valence-corrected chi connectivity index (χ2v) is 4.68. The molecule has 1 fully saturated rings. The van der Waals surface area contributed by atoms with Crippen LogP contribution >= 0.6 is 0 Å². The number of hydrogen-bond donors (Lipinski definition) is 2. The summed E-state index contributed by atoms with van der Waals surface area (Å²) in [5, 5.41) is 18.8. The van der Waals surface area contributed by atoms with Gasteiger partial charge in [0.2, 0.25) is 0 Å². The smallest absolute Gasteiger partial charge is 0.306 e. The number of carbonyl (C=O) groups is 1. The van der Waals surface area contributed by atoms with E-state index < -0.39 is 11.6 Å². The molecule has 86 valence electrons. The number of carboxylic acid groups (broad SMARTS) is 1. The summed E-state index contributed by atoms with van der Waals surface area (Å²) in [6, 6.07) is 7.62. The van der Waals surface area contributed by atoms with Crippen LogP contribution in [-0.4, -0.2) is 16.2 Å². The highest BCUT2D eigenvalue weighted by atomic mass is 16.4. The summed E-state index contributed by atoms with van der Waals surface area (Å²) in [4.78, 5) is 10.7. The van der Waals surface area contributed by atoms with Crippen molar-refractivity contribution in [1.29, 1.82) is 0 Å². The molecule has 0 amide bonds. The van der Waals surface area contributed by atoms with Gasteiger partial charge in [0, 0.05) is 0 Å². The van der Waals surface area contributed by atoms with Crippen molar-refractivity contribution in [2.45, 2.75) is 31.8 Å². The standard InChI is InChI=1S/C13H16O3/c1-9(12(14)15)7-10-3-2-4-11(8-10)13(16)5-6-13/h2-4,8-9,16H,5-7H2,1H3,(H,14,15). The van der Waals surface area contributed by atoms with E-state index in [1.807, 2.05) is 24.3 Å². The lowest BCUT2D eigenvalue weighted by molar-refractivity contribution is -0.141. The first-order chi connectivity index (χ1) is 7.51. The Morgan fingerprint density at radius 2 is 2.19 bits per heavy atom. The van der Waals surface area contributed by atoms with Gasteiger partial charge in [-0.3, -0.25) is 4.79 Å². The predicted molar refractivity (Wildman–Crippen MR) is 60.1 cm³/mol. The Kier molecular flexibility index (Phi) is 2.72. The van der Waals surface area contributed by atoms with Crippen LogP contribution in [0.3, 0.4) is 0 Å². The summed E-state index contributed by atoms with van der Waals surface area (Å²) < 4.78 is 0. The number of rotatable bonds is 4. The van der Waals surface area contributed by atoms with Crippen molar-refractivity contribution >= 4 is 5.97 Å². The summed E-state index contributed by atoms with van der Waals surface area (Å²) in [5.74, 6) is -1.17. The Hall–Kier alpha value is -1.35. The van der Waals surface area contributed by atoms with Crippen molar-refractivity contribution in [1.82, 2.24) is 0 Å². The van der Waals surface area contributed by atoms with Gasteiger partial charge in [-0.2, -0.15) is 0 Å². The lowest BCUT2D eigenvalue weighted by atomic mass is 9.97. The molecule has 1 aliphatic carbocycles. The first kappa shape index (κ1) is 11.1. The molecule has 0 radical (unpaired) electrons. The highest BCUT2D eigenvalue weighted by molar-refractivity contribution is 5.69. The van der Waals surface area contributed by atoms with Crippen molar-refractivity contribution in [2.24, 2.45) is 5.92 Å². The Balaban J connectivity index is 2.13. The zero-order chi connectivity index (χ0) is 11.8. The Labute approximate surface area is 94.7 Å². The van der Waals surface area contributed by atoms with Crippen molar-refractivity contribution in [3.05, 3.63) is 35.4 Å². The van der Waals surface area contributed by atoms with Crippen LogP contribution in [0, 0.1) is 5.92 Å². The van der Waals surface area contributed by atoms with Gasteiger partial charge in [-0.1, -0.05) is 31.2 Å². The molecule has 1 aromatic rings. The summed E-state index contributed by atoms with van der Waals surface area (Å²) in [7, 11) is 0. The number of benzene rings is 1. The van der Waals surface area contributed by atoms with Crippen LogP contribution in [0.25, 0.3) is 0 Å². The van der Waals surface area contributed by atoms with E-state index in [4.69, 9.17) is 5.11 Å². The van der Waals surface area contributed by atoms with Gasteiger partial charge < -0.3 is 10.2 Å². The molecule has 1 aromatic carbocycles. The van der Waals surface area contributed by atoms with Gasteiger partial charge in [-0.05, 0) is 30.4 Å². The van der Waals surface area contributed by atoms with E-state index >= 15 is 0 Å². The van der Waals surface area contributed by atoms with E-state index in [2.05, 4.69) is 0 Å². The maximum absolute atomic E-state index is 10.7. The Bertz CT molecular complexity index is 407. The van der Waals surface area contributed by atoms with E-state index in [9.17, 15) is 9.90 Å². The van der Waals surface area contributed by atoms with Crippen LogP contribution in [0.5, 0.6) is 0 Å². The van der Waals surface area contributed by atoms with Gasteiger partial charge >= 0.3 is 5.97 Å². The van der Waals surface area contributed by atoms with Crippen LogP contribution in [0.2, 0.25) is 0 Å². The minimum atomic E-state index is -0.782. The lowest BCUT2D eigenvalue weighted by Crippen LogP contribution is -2.13. The zero-order valence-electron chi connectivity index (χ0n) is 9.31. The van der Waals surface area contributed by atoms with Crippen LogP contribution in [0.15, 0.2) is 24.3 Å². The molecule has 0 heterocycles. The highest BCUT2D eigenvalue weighted by Gasteiger charge is 2.42. The SMILES string of the molecule is CC(Cc1cccc(C2(O)CC2)c1)C(=O)O. The summed E-state index contributed by atoms with van der Waals surface area (Å²) in [5.41, 5.74) is 1.26. The van der Waals surface area contributed by atoms with Crippen molar-refractivity contribution in [3.63, 3.8) is 0 Å². The normalized spacial score (nSPS) is 19.1. The molecular weight excluding hydrogens is 204 g/mol. The molecule has 16 heavy (non-hydrogen) atoms. The average molecular weight is 220 g/mol. The minimum absolute atomic E-state index is 0.385. The summed E-state index contributed by atoms with van der Waals surface area (Å²) >= 11 is 0. The van der Waals surface area contributed by atoms with Gasteiger partial charge in [0.05, 0.1) is 11.5 Å². The Morgan fingerprint density at radius 3 is 2.75 bits per heavy atom. The maximum Gasteiger partial charge on any atom is 0.306 e. The van der Waals surface area contributed by atoms with Gasteiger partial charge in [-0.15, -0.1) is 0 Å². The fourth-order valence-electron chi connectivity index (χ4n) is 1.84. The van der Waals surface area contributed by atoms with Crippen LogP contribution in [0.4, 0.5) is 0 Å². The summed E-state index contributed by atoms with van der Waals surface area (Å²) in [6.07, 6.45) is 2.13. The molecule has 3 nitrogen and oxygen atoms in total. The van der Waals surface area contributed by atoms with Gasteiger partial charge in [0.15, 0.2) is 0 Å². The maximum atomic E-state index is 10.7. The number of hydrogen-bond acceptors (Lipinski definition) is 2. The van der Waals surface area contributed by atoms with Crippen LogP contribution in [-0.2, 0) is 16.8 Å². The van der Waals surface area contributed by atoms with E-state index in [-0.39, 0.29) is 5.92 Å². The minimum Gasteiger partial charge on any atom is -0.481 e. The molecule has 3 heteroatoms. The molecule has 2 N–H and O–H groups in total. The molecule has 0 aromatic heterocycles.